The lowest BCUT2D eigenvalue weighted by Crippen LogP contribution is -2.30. The standard InChI is InChI=1S/C35H24N4O8.C19H14N2O4/c1-36-28(40)20-10-24-25(11-21(20)29(36)41)33(45)38(32(24)44)18-3-2-4-19(9-18)39-34(46)26-12-22-23(13-27(26)35(39)47)31(43)37(30(22)42)14-17-8-15-5-6-16(17)7-15;1-3-20-16(22)12-8-14-15(9-13(12)17(20)23)19(25)21(18(14)24)11-6-4-10(2)5-7-11/h2-4,9-13,15-17H,5-8,14H2,1H3;4-9H,3H2,1-2H3. The molecule has 6 aromatic heterocycles. The van der Waals surface area contributed by atoms with Crippen LogP contribution in [-0.2, 0) is 20.1 Å². The Labute approximate surface area is 400 Å². The molecule has 2 fully saturated rings. The molecule has 2 saturated carbocycles. The van der Waals surface area contributed by atoms with Crippen LogP contribution < -0.4 is 66.7 Å². The lowest BCUT2D eigenvalue weighted by molar-refractivity contribution is 0.292. The highest BCUT2D eigenvalue weighted by Crippen LogP contribution is 2.48. The van der Waals surface area contributed by atoms with E-state index in [1.165, 1.54) is 78.7 Å². The SMILES string of the molecule is CCn1c(=O)c2cc3c(=O)n(-c4ccc(C)cc4)c(=O)c3cc2c1=O.Cn1c(=O)c2cc3c(=O)n(-c4cccc(-n5c(=O)c6cc7c(=O)n(CC8CC9CCC8C9)c(=O)c7cc6c5=O)c4)c(=O)c3cc2c1=O. The van der Waals surface area contributed by atoms with E-state index in [-0.39, 0.29) is 88.5 Å². The number of benzene rings is 5. The maximum absolute atomic E-state index is 13.7. The Morgan fingerprint density at radius 1 is 0.403 bits per heavy atom. The number of fused-ring (bicyclic) bond motifs is 8. The van der Waals surface area contributed by atoms with Crippen molar-refractivity contribution in [2.45, 2.75) is 52.6 Å². The molecule has 3 atom stereocenters. The zero-order chi connectivity index (χ0) is 50.5. The zero-order valence-corrected chi connectivity index (χ0v) is 38.6. The van der Waals surface area contributed by atoms with E-state index < -0.39 is 66.7 Å². The molecule has 5 aromatic carbocycles. The predicted octanol–water partition coefficient (Wildman–Crippen LogP) is 2.32. The molecule has 2 aliphatic carbocycles. The van der Waals surface area contributed by atoms with Crippen LogP contribution in [0.15, 0.2) is 142 Å². The molecule has 0 N–H and O–H groups in total. The number of aryl methyl sites for hydroxylation is 1. The van der Waals surface area contributed by atoms with Crippen molar-refractivity contribution in [1.29, 1.82) is 0 Å². The van der Waals surface area contributed by atoms with E-state index >= 15 is 0 Å². The minimum absolute atomic E-state index is 0.0170. The van der Waals surface area contributed by atoms with E-state index in [1.54, 1.807) is 19.1 Å². The van der Waals surface area contributed by atoms with Crippen LogP contribution >= 0.6 is 0 Å². The van der Waals surface area contributed by atoms with Gasteiger partial charge < -0.3 is 0 Å². The molecule has 2 aliphatic rings. The fourth-order valence-electron chi connectivity index (χ4n) is 11.6. The number of hydrogen-bond acceptors (Lipinski definition) is 12. The van der Waals surface area contributed by atoms with Crippen LogP contribution in [0, 0.1) is 24.7 Å². The Kier molecular flexibility index (Phi) is 9.49. The molecule has 18 nitrogen and oxygen atoms in total. The maximum atomic E-state index is 13.7. The van der Waals surface area contributed by atoms with Crippen LogP contribution in [0.1, 0.15) is 38.2 Å². The summed E-state index contributed by atoms with van der Waals surface area (Å²) in [5.41, 5.74) is -5.22. The first-order chi connectivity index (χ1) is 34.5. The molecule has 13 rings (SSSR count). The Morgan fingerprint density at radius 2 is 0.764 bits per heavy atom. The first-order valence-corrected chi connectivity index (χ1v) is 23.4. The topological polar surface area (TPSA) is 234 Å². The van der Waals surface area contributed by atoms with Crippen molar-refractivity contribution in [1.82, 2.24) is 27.4 Å². The Hall–Kier alpha value is -9.06. The van der Waals surface area contributed by atoms with Gasteiger partial charge >= 0.3 is 0 Å². The van der Waals surface area contributed by atoms with Crippen molar-refractivity contribution < 1.29 is 0 Å². The van der Waals surface area contributed by atoms with E-state index in [2.05, 4.69) is 0 Å². The molecule has 356 valence electrons. The van der Waals surface area contributed by atoms with Gasteiger partial charge in [0.05, 0.1) is 81.7 Å². The van der Waals surface area contributed by atoms with Gasteiger partial charge in [0.2, 0.25) is 0 Å². The van der Waals surface area contributed by atoms with Gasteiger partial charge in [-0.1, -0.05) is 30.2 Å². The van der Waals surface area contributed by atoms with Gasteiger partial charge in [-0.15, -0.1) is 0 Å². The van der Waals surface area contributed by atoms with Gasteiger partial charge in [0.15, 0.2) is 0 Å². The number of rotatable bonds is 6. The fraction of sp³-hybridized carbons (Fsp3) is 0.222. The Balaban J connectivity index is 0.000000178. The lowest BCUT2D eigenvalue weighted by atomic mass is 9.89. The van der Waals surface area contributed by atoms with E-state index in [1.807, 2.05) is 19.1 Å². The summed E-state index contributed by atoms with van der Waals surface area (Å²) >= 11 is 0. The second-order valence-corrected chi connectivity index (χ2v) is 19.2. The molecule has 11 aromatic rings. The van der Waals surface area contributed by atoms with Crippen molar-refractivity contribution >= 4 is 64.6 Å². The summed E-state index contributed by atoms with van der Waals surface area (Å²) < 4.78 is 6.08. The molecule has 0 saturated heterocycles. The maximum Gasteiger partial charge on any atom is 0.266 e. The van der Waals surface area contributed by atoms with Crippen LogP contribution in [0.3, 0.4) is 0 Å². The summed E-state index contributed by atoms with van der Waals surface area (Å²) in [4.78, 5) is 156. The largest absolute Gasteiger partial charge is 0.277 e. The first kappa shape index (κ1) is 44.2. The van der Waals surface area contributed by atoms with Gasteiger partial charge in [0.25, 0.3) is 66.7 Å². The number of aromatic nitrogens is 6. The van der Waals surface area contributed by atoms with Crippen LogP contribution in [0.4, 0.5) is 0 Å². The molecule has 0 amide bonds. The number of nitrogens with zero attached hydrogens (tertiary/aromatic N) is 6. The predicted molar refractivity (Wildman–Crippen MR) is 273 cm³/mol. The highest BCUT2D eigenvalue weighted by molar-refractivity contribution is 6.00. The van der Waals surface area contributed by atoms with E-state index in [9.17, 15) is 57.5 Å². The first-order valence-electron chi connectivity index (χ1n) is 23.4. The molecule has 0 spiro atoms. The molecular weight excluding hydrogens is 925 g/mol. The van der Waals surface area contributed by atoms with E-state index in [0.29, 0.717) is 24.1 Å². The minimum atomic E-state index is -0.731. The molecule has 2 bridgehead atoms. The average molecular weight is 963 g/mol. The Bertz CT molecular complexity index is 4680. The lowest BCUT2D eigenvalue weighted by Gasteiger charge is -2.21. The van der Waals surface area contributed by atoms with Crippen LogP contribution in [0.5, 0.6) is 0 Å². The molecule has 6 heterocycles. The highest BCUT2D eigenvalue weighted by atomic mass is 16.2. The van der Waals surface area contributed by atoms with E-state index in [0.717, 1.165) is 47.7 Å². The second kappa shape index (κ2) is 15.5. The summed E-state index contributed by atoms with van der Waals surface area (Å²) in [7, 11) is 1.31. The minimum Gasteiger partial charge on any atom is -0.277 e. The van der Waals surface area contributed by atoms with Gasteiger partial charge in [-0.2, -0.15) is 0 Å². The second-order valence-electron chi connectivity index (χ2n) is 19.2. The van der Waals surface area contributed by atoms with Gasteiger partial charge in [-0.05, 0) is 118 Å². The van der Waals surface area contributed by atoms with Gasteiger partial charge in [0, 0.05) is 20.1 Å². The van der Waals surface area contributed by atoms with Gasteiger partial charge in [-0.3, -0.25) is 71.2 Å². The quantitative estimate of drug-likeness (QED) is 0.234. The molecule has 3 unspecified atom stereocenters. The number of hydrogen-bond donors (Lipinski definition) is 0. The third-order valence-electron chi connectivity index (χ3n) is 15.3. The average Bonchev–Trinajstić information content (AvgIpc) is 4.26. The van der Waals surface area contributed by atoms with Gasteiger partial charge in [0.1, 0.15) is 0 Å². The van der Waals surface area contributed by atoms with Crippen molar-refractivity contribution in [3.05, 3.63) is 215 Å². The fourth-order valence-corrected chi connectivity index (χ4v) is 11.6. The van der Waals surface area contributed by atoms with E-state index in [4.69, 9.17) is 0 Å². The van der Waals surface area contributed by atoms with Crippen molar-refractivity contribution in [2.75, 3.05) is 0 Å². The molecular formula is C54H38N6O12. The molecule has 72 heavy (non-hydrogen) atoms. The summed E-state index contributed by atoms with van der Waals surface area (Å²) in [6.45, 7) is 4.19. The summed E-state index contributed by atoms with van der Waals surface area (Å²) in [5.74, 6) is 1.43. The highest BCUT2D eigenvalue weighted by Gasteiger charge is 2.40. The normalized spacial score (nSPS) is 16.7. The summed E-state index contributed by atoms with van der Waals surface area (Å²) in [5, 5.41) is 0.775. The summed E-state index contributed by atoms with van der Waals surface area (Å²) in [6.07, 6.45) is 4.44. The third-order valence-corrected chi connectivity index (χ3v) is 15.3. The van der Waals surface area contributed by atoms with Crippen molar-refractivity contribution in [3.8, 4) is 17.1 Å². The molecule has 0 aliphatic heterocycles. The smallest absolute Gasteiger partial charge is 0.266 e. The van der Waals surface area contributed by atoms with Crippen LogP contribution in [0.2, 0.25) is 0 Å². The van der Waals surface area contributed by atoms with Crippen molar-refractivity contribution in [2.24, 2.45) is 24.8 Å². The zero-order valence-electron chi connectivity index (χ0n) is 38.6. The third kappa shape index (κ3) is 6.07. The monoisotopic (exact) mass is 962 g/mol. The molecule has 0 radical (unpaired) electrons. The van der Waals surface area contributed by atoms with Crippen LogP contribution in [-0.4, -0.2) is 27.4 Å². The molecule has 18 heteroatoms. The Morgan fingerprint density at radius 3 is 1.12 bits per heavy atom. The van der Waals surface area contributed by atoms with Crippen molar-refractivity contribution in [3.63, 3.8) is 0 Å². The summed E-state index contributed by atoms with van der Waals surface area (Å²) in [6, 6.07) is 20.6. The van der Waals surface area contributed by atoms with Gasteiger partial charge in [-0.25, -0.2) is 13.7 Å². The van der Waals surface area contributed by atoms with Crippen LogP contribution in [0.25, 0.3) is 81.7 Å².